The van der Waals surface area contributed by atoms with E-state index in [1.807, 2.05) is 0 Å². The average Bonchev–Trinajstić information content (AvgIpc) is 2.73. The lowest BCUT2D eigenvalue weighted by Gasteiger charge is -2.19. The summed E-state index contributed by atoms with van der Waals surface area (Å²) in [5, 5.41) is 0. The molecule has 0 atom stereocenters. The summed E-state index contributed by atoms with van der Waals surface area (Å²) in [7, 11) is 0. The average molecular weight is 367 g/mol. The van der Waals surface area contributed by atoms with Crippen molar-refractivity contribution >= 4 is 23.2 Å². The second-order valence-electron chi connectivity index (χ2n) is 6.54. The highest BCUT2D eigenvalue weighted by Gasteiger charge is 2.26. The van der Waals surface area contributed by atoms with Gasteiger partial charge in [0.1, 0.15) is 22.8 Å². The maximum absolute atomic E-state index is 13.6. The summed E-state index contributed by atoms with van der Waals surface area (Å²) in [6.45, 7) is 8.44. The lowest BCUT2D eigenvalue weighted by atomic mass is 10.2. The Bertz CT molecular complexity index is 978. The van der Waals surface area contributed by atoms with Crippen molar-refractivity contribution in [3.05, 3.63) is 40.5 Å². The Morgan fingerprint density at radius 2 is 2.00 bits per heavy atom. The lowest BCUT2D eigenvalue weighted by Crippen LogP contribution is -2.34. The predicted octanol–water partition coefficient (Wildman–Crippen LogP) is 2.69. The molecule has 0 aliphatic heterocycles. The Hall–Kier alpha value is -3.04. The van der Waals surface area contributed by atoms with Crippen LogP contribution < -0.4 is 11.4 Å². The molecule has 0 saturated carbocycles. The summed E-state index contributed by atoms with van der Waals surface area (Å²) in [5.74, 6) is -2.07. The molecule has 0 amide bonds. The van der Waals surface area contributed by atoms with E-state index in [0.29, 0.717) is 4.57 Å². The summed E-state index contributed by atoms with van der Waals surface area (Å²) in [6.07, 6.45) is 0.191. The first-order valence-electron chi connectivity index (χ1n) is 7.59. The van der Waals surface area contributed by atoms with Gasteiger partial charge < -0.3 is 10.5 Å². The fourth-order valence-electron chi connectivity index (χ4n) is 2.22. The number of hydrogen-bond donors (Lipinski definition) is 1. The lowest BCUT2D eigenvalue weighted by molar-refractivity contribution is 0.0537. The molecular weight excluding hydrogens is 348 g/mol. The van der Waals surface area contributed by atoms with Gasteiger partial charge in [-0.2, -0.15) is 9.55 Å². The molecule has 0 aliphatic rings. The zero-order valence-corrected chi connectivity index (χ0v) is 14.8. The predicted molar refractivity (Wildman–Crippen MR) is 91.9 cm³/mol. The molecule has 0 aromatic carbocycles. The summed E-state index contributed by atoms with van der Waals surface area (Å²) in [6, 6.07) is 0. The zero-order chi connectivity index (χ0) is 19.8. The van der Waals surface area contributed by atoms with E-state index in [9.17, 15) is 18.4 Å². The summed E-state index contributed by atoms with van der Waals surface area (Å²) in [4.78, 5) is 32.8. The summed E-state index contributed by atoms with van der Waals surface area (Å²) >= 11 is 0. The van der Waals surface area contributed by atoms with Gasteiger partial charge in [0, 0.05) is 5.57 Å². The van der Waals surface area contributed by atoms with E-state index in [1.165, 1.54) is 0 Å². The van der Waals surface area contributed by atoms with E-state index in [2.05, 4.69) is 16.5 Å². The molecule has 2 heterocycles. The third-order valence-electron chi connectivity index (χ3n) is 3.32. The van der Waals surface area contributed by atoms with Crippen LogP contribution in [0.3, 0.4) is 0 Å². The van der Waals surface area contributed by atoms with Crippen LogP contribution in [0.15, 0.2) is 34.8 Å². The molecule has 0 fully saturated rings. The van der Waals surface area contributed by atoms with Gasteiger partial charge in [0.15, 0.2) is 5.65 Å². The number of aromatic nitrogens is 4. The first kappa shape index (κ1) is 19.3. The fraction of sp³-hybridized carbons (Fsp3) is 0.375. The van der Waals surface area contributed by atoms with Crippen molar-refractivity contribution in [3.8, 4) is 0 Å². The number of carbonyl (C=O) groups excluding carboxylic acids is 1. The van der Waals surface area contributed by atoms with Crippen LogP contribution in [0.1, 0.15) is 27.7 Å². The van der Waals surface area contributed by atoms with Crippen molar-refractivity contribution in [2.45, 2.75) is 39.8 Å². The highest BCUT2D eigenvalue weighted by molar-refractivity contribution is 5.85. The number of nitrogen functional groups attached to an aromatic ring is 1. The molecule has 2 aromatic heterocycles. The van der Waals surface area contributed by atoms with Gasteiger partial charge in [-0.1, -0.05) is 6.58 Å². The van der Waals surface area contributed by atoms with Crippen LogP contribution in [0.4, 0.5) is 19.5 Å². The standard InChI is InChI=1S/C16H19F2N5O3/c1-8(17)10(9(2)18)7-22-12-11(6-20-13(19)21-12)23(14(22)24)15(25)26-16(3,4)5/h6H,1,7H2,2-5H3,(H2,19,20,21)/b10-9+. The quantitative estimate of drug-likeness (QED) is 0.836. The van der Waals surface area contributed by atoms with Gasteiger partial charge in [-0.05, 0) is 27.7 Å². The number of fused-ring (bicyclic) bond motifs is 1. The first-order valence-corrected chi connectivity index (χ1v) is 7.59. The van der Waals surface area contributed by atoms with Gasteiger partial charge in [0.05, 0.1) is 12.7 Å². The molecule has 0 radical (unpaired) electrons. The second-order valence-corrected chi connectivity index (χ2v) is 6.54. The molecule has 0 aliphatic carbocycles. The number of halogens is 2. The summed E-state index contributed by atoms with van der Waals surface area (Å²) in [5.41, 5.74) is 3.28. The number of ether oxygens (including phenoxy) is 1. The molecular formula is C16H19F2N5O3. The Kier molecular flexibility index (Phi) is 4.97. The highest BCUT2D eigenvalue weighted by atomic mass is 19.1. The van der Waals surface area contributed by atoms with Gasteiger partial charge in [0.25, 0.3) is 0 Å². The Morgan fingerprint density at radius 3 is 2.50 bits per heavy atom. The van der Waals surface area contributed by atoms with E-state index in [0.717, 1.165) is 17.7 Å². The molecule has 0 spiro atoms. The molecule has 10 heteroatoms. The number of rotatable bonds is 3. The van der Waals surface area contributed by atoms with Crippen molar-refractivity contribution in [2.24, 2.45) is 0 Å². The van der Waals surface area contributed by atoms with Crippen molar-refractivity contribution in [3.63, 3.8) is 0 Å². The van der Waals surface area contributed by atoms with Crippen LogP contribution in [0.25, 0.3) is 11.2 Å². The third kappa shape index (κ3) is 3.79. The Balaban J connectivity index is 2.72. The van der Waals surface area contributed by atoms with Crippen molar-refractivity contribution < 1.29 is 18.3 Å². The molecule has 2 rings (SSSR count). The van der Waals surface area contributed by atoms with Crippen LogP contribution in [0.2, 0.25) is 0 Å². The normalized spacial score (nSPS) is 12.8. The van der Waals surface area contributed by atoms with Crippen LogP contribution >= 0.6 is 0 Å². The minimum Gasteiger partial charge on any atom is -0.443 e. The van der Waals surface area contributed by atoms with E-state index >= 15 is 0 Å². The largest absolute Gasteiger partial charge is 0.443 e. The molecule has 0 unspecified atom stereocenters. The SMILES string of the molecule is C=C(F)/C(Cn1c(=O)n(C(=O)OC(C)(C)C)c2cnc(N)nc21)=C(\C)F. The van der Waals surface area contributed by atoms with Gasteiger partial charge >= 0.3 is 11.8 Å². The van der Waals surface area contributed by atoms with Crippen LogP contribution in [-0.4, -0.2) is 30.8 Å². The Labute approximate surface area is 147 Å². The Morgan fingerprint density at radius 1 is 1.38 bits per heavy atom. The number of hydrogen-bond acceptors (Lipinski definition) is 6. The van der Waals surface area contributed by atoms with Crippen LogP contribution in [0, 0.1) is 0 Å². The minimum absolute atomic E-state index is 0.00113. The molecule has 2 N–H and O–H groups in total. The molecule has 26 heavy (non-hydrogen) atoms. The van der Waals surface area contributed by atoms with E-state index in [1.54, 1.807) is 20.8 Å². The van der Waals surface area contributed by atoms with Crippen LogP contribution in [0.5, 0.6) is 0 Å². The summed E-state index contributed by atoms with van der Waals surface area (Å²) < 4.78 is 33.9. The number of imidazole rings is 1. The monoisotopic (exact) mass is 367 g/mol. The molecule has 8 nitrogen and oxygen atoms in total. The third-order valence-corrected chi connectivity index (χ3v) is 3.32. The van der Waals surface area contributed by atoms with Crippen molar-refractivity contribution in [1.82, 2.24) is 19.1 Å². The van der Waals surface area contributed by atoms with Crippen LogP contribution in [-0.2, 0) is 11.3 Å². The zero-order valence-electron chi connectivity index (χ0n) is 14.8. The maximum atomic E-state index is 13.6. The van der Waals surface area contributed by atoms with Gasteiger partial charge in [-0.25, -0.2) is 23.4 Å². The number of nitrogens with two attached hydrogens (primary N) is 1. The molecule has 0 saturated heterocycles. The highest BCUT2D eigenvalue weighted by Crippen LogP contribution is 2.20. The second kappa shape index (κ2) is 6.70. The van der Waals surface area contributed by atoms with Gasteiger partial charge in [-0.3, -0.25) is 4.57 Å². The number of nitrogens with zero attached hydrogens (tertiary/aromatic N) is 4. The topological polar surface area (TPSA) is 105 Å². The van der Waals surface area contributed by atoms with E-state index in [4.69, 9.17) is 10.5 Å². The maximum Gasteiger partial charge on any atom is 0.423 e. The fourth-order valence-corrected chi connectivity index (χ4v) is 2.22. The van der Waals surface area contributed by atoms with Crippen molar-refractivity contribution in [2.75, 3.05) is 5.73 Å². The van der Waals surface area contributed by atoms with Gasteiger partial charge in [0.2, 0.25) is 5.95 Å². The van der Waals surface area contributed by atoms with E-state index < -0.39 is 41.2 Å². The smallest absolute Gasteiger partial charge is 0.423 e. The number of allylic oxidation sites excluding steroid dienone is 3. The number of anilines is 1. The molecule has 140 valence electrons. The van der Waals surface area contributed by atoms with E-state index in [-0.39, 0.29) is 17.1 Å². The molecule has 0 bridgehead atoms. The van der Waals surface area contributed by atoms with Crippen molar-refractivity contribution in [1.29, 1.82) is 0 Å². The minimum atomic E-state index is -1.04. The number of carbonyl (C=O) groups is 1. The first-order chi connectivity index (χ1) is 11.9. The molecule has 2 aromatic rings. The van der Waals surface area contributed by atoms with Gasteiger partial charge in [-0.15, -0.1) is 0 Å².